The largest absolute Gasteiger partial charge is 0.465 e. The van der Waals surface area contributed by atoms with E-state index in [0.29, 0.717) is 12.1 Å². The molecule has 28 heavy (non-hydrogen) atoms. The van der Waals surface area contributed by atoms with Crippen molar-refractivity contribution in [1.82, 2.24) is 15.3 Å². The van der Waals surface area contributed by atoms with Crippen molar-refractivity contribution in [2.75, 3.05) is 19.7 Å². The maximum atomic E-state index is 14.0. The van der Waals surface area contributed by atoms with Gasteiger partial charge in [-0.05, 0) is 19.9 Å². The highest BCUT2D eigenvalue weighted by Gasteiger charge is 2.33. The molecule has 10 heteroatoms. The van der Waals surface area contributed by atoms with E-state index in [0.717, 1.165) is 0 Å². The number of carbonyl (C=O) groups excluding carboxylic acids is 1. The Balaban J connectivity index is 2.14. The topological polar surface area (TPSA) is 44.8 Å². The summed E-state index contributed by atoms with van der Waals surface area (Å²) in [4.78, 5) is 12.2. The molecule has 0 spiro atoms. The standard InChI is InChI=1S/C18H22F5N3O2/c1-3-28-18(27)16-4-6-25(26(16)7-5-24-11(2)17(22)23)10-13-14(20)8-12(19)9-15(13)21/h4,6,8-9,11,16-17,24H,3,5,7,10H2,1-2H3. The predicted octanol–water partition coefficient (Wildman–Crippen LogP) is 2.83. The Morgan fingerprint density at radius 3 is 2.46 bits per heavy atom. The number of esters is 1. The molecule has 1 aliphatic heterocycles. The molecule has 0 saturated heterocycles. The van der Waals surface area contributed by atoms with Crippen molar-refractivity contribution in [1.29, 1.82) is 0 Å². The Bertz CT molecular complexity index is 693. The summed E-state index contributed by atoms with van der Waals surface area (Å²) < 4.78 is 71.3. The molecular formula is C18H22F5N3O2. The van der Waals surface area contributed by atoms with Gasteiger partial charge in [-0.25, -0.2) is 31.8 Å². The lowest BCUT2D eigenvalue weighted by Gasteiger charge is -2.33. The van der Waals surface area contributed by atoms with Crippen LogP contribution in [-0.4, -0.2) is 54.2 Å². The zero-order chi connectivity index (χ0) is 20.8. The van der Waals surface area contributed by atoms with Gasteiger partial charge in [0.1, 0.15) is 23.5 Å². The third kappa shape index (κ3) is 5.41. The zero-order valence-corrected chi connectivity index (χ0v) is 15.5. The van der Waals surface area contributed by atoms with Crippen molar-refractivity contribution in [3.8, 4) is 0 Å². The smallest absolute Gasteiger partial charge is 0.329 e. The van der Waals surface area contributed by atoms with Gasteiger partial charge in [-0.2, -0.15) is 0 Å². The monoisotopic (exact) mass is 407 g/mol. The molecule has 0 aromatic heterocycles. The number of alkyl halides is 2. The van der Waals surface area contributed by atoms with Crippen molar-refractivity contribution >= 4 is 5.97 Å². The average Bonchev–Trinajstić information content (AvgIpc) is 3.00. The fraction of sp³-hybridized carbons (Fsp3) is 0.500. The molecule has 0 radical (unpaired) electrons. The lowest BCUT2D eigenvalue weighted by Crippen LogP contribution is -2.49. The summed E-state index contributed by atoms with van der Waals surface area (Å²) in [7, 11) is 0. The Hall–Kier alpha value is -2.20. The fourth-order valence-electron chi connectivity index (χ4n) is 2.75. The average molecular weight is 407 g/mol. The molecule has 2 unspecified atom stereocenters. The molecule has 2 rings (SSSR count). The molecule has 0 amide bonds. The van der Waals surface area contributed by atoms with E-state index in [1.165, 1.54) is 29.2 Å². The summed E-state index contributed by atoms with van der Waals surface area (Å²) in [6.07, 6.45) is 0.366. The zero-order valence-electron chi connectivity index (χ0n) is 15.5. The highest BCUT2D eigenvalue weighted by molar-refractivity contribution is 5.78. The van der Waals surface area contributed by atoms with Crippen LogP contribution in [0.3, 0.4) is 0 Å². The molecule has 0 aliphatic carbocycles. The van der Waals surface area contributed by atoms with Crippen molar-refractivity contribution in [3.63, 3.8) is 0 Å². The number of hydrogen-bond donors (Lipinski definition) is 1. The van der Waals surface area contributed by atoms with E-state index in [-0.39, 0.29) is 31.8 Å². The first-order chi connectivity index (χ1) is 13.2. The SMILES string of the molecule is CCOC(=O)C1C=CN(Cc2c(F)cc(F)cc2F)N1CCNC(C)C(F)F. The number of hydrazine groups is 1. The first kappa shape index (κ1) is 22.1. The number of benzene rings is 1. The minimum Gasteiger partial charge on any atom is -0.465 e. The van der Waals surface area contributed by atoms with Gasteiger partial charge in [-0.3, -0.25) is 0 Å². The Labute approximate surface area is 159 Å². The number of nitrogens with zero attached hydrogens (tertiary/aromatic N) is 2. The van der Waals surface area contributed by atoms with E-state index >= 15 is 0 Å². The van der Waals surface area contributed by atoms with E-state index in [1.807, 2.05) is 0 Å². The molecule has 1 heterocycles. The Kier molecular flexibility index (Phi) is 7.76. The highest BCUT2D eigenvalue weighted by atomic mass is 19.3. The number of carbonyl (C=O) groups is 1. The van der Waals surface area contributed by atoms with Crippen LogP contribution < -0.4 is 5.32 Å². The summed E-state index contributed by atoms with van der Waals surface area (Å²) in [5.41, 5.74) is -0.380. The van der Waals surface area contributed by atoms with Gasteiger partial charge in [0.2, 0.25) is 0 Å². The lowest BCUT2D eigenvalue weighted by atomic mass is 10.2. The van der Waals surface area contributed by atoms with Crippen LogP contribution in [0.2, 0.25) is 0 Å². The highest BCUT2D eigenvalue weighted by Crippen LogP contribution is 2.23. The van der Waals surface area contributed by atoms with Crippen LogP contribution in [0.4, 0.5) is 22.0 Å². The van der Waals surface area contributed by atoms with E-state index in [9.17, 15) is 26.7 Å². The molecule has 2 atom stereocenters. The van der Waals surface area contributed by atoms with Gasteiger partial charge in [0, 0.05) is 37.0 Å². The third-order valence-electron chi connectivity index (χ3n) is 4.23. The van der Waals surface area contributed by atoms with E-state index in [1.54, 1.807) is 6.92 Å². The number of rotatable bonds is 9. The van der Waals surface area contributed by atoms with E-state index < -0.39 is 41.9 Å². The molecule has 1 aliphatic rings. The van der Waals surface area contributed by atoms with Crippen LogP contribution in [0.25, 0.3) is 0 Å². The number of halogens is 5. The van der Waals surface area contributed by atoms with Crippen LogP contribution in [0.5, 0.6) is 0 Å². The van der Waals surface area contributed by atoms with Gasteiger partial charge in [-0.1, -0.05) is 0 Å². The first-order valence-corrected chi connectivity index (χ1v) is 8.77. The predicted molar refractivity (Wildman–Crippen MR) is 91.6 cm³/mol. The molecule has 0 saturated carbocycles. The Morgan fingerprint density at radius 1 is 1.25 bits per heavy atom. The molecule has 1 aromatic rings. The normalized spacial score (nSPS) is 18.1. The third-order valence-corrected chi connectivity index (χ3v) is 4.23. The first-order valence-electron chi connectivity index (χ1n) is 8.77. The van der Waals surface area contributed by atoms with Gasteiger partial charge >= 0.3 is 5.97 Å². The van der Waals surface area contributed by atoms with Gasteiger partial charge in [-0.15, -0.1) is 0 Å². The second-order valence-electron chi connectivity index (χ2n) is 6.22. The van der Waals surface area contributed by atoms with Crippen molar-refractivity contribution < 1.29 is 31.5 Å². The molecular weight excluding hydrogens is 385 g/mol. The van der Waals surface area contributed by atoms with Gasteiger partial charge < -0.3 is 15.1 Å². The van der Waals surface area contributed by atoms with E-state index in [2.05, 4.69) is 5.32 Å². The van der Waals surface area contributed by atoms with Crippen molar-refractivity contribution in [3.05, 3.63) is 47.4 Å². The summed E-state index contributed by atoms with van der Waals surface area (Å²) in [6.45, 7) is 2.96. The second-order valence-corrected chi connectivity index (χ2v) is 6.22. The van der Waals surface area contributed by atoms with Crippen LogP contribution >= 0.6 is 0 Å². The lowest BCUT2D eigenvalue weighted by molar-refractivity contribution is -0.152. The minimum absolute atomic E-state index is 0.0912. The van der Waals surface area contributed by atoms with Crippen LogP contribution in [0, 0.1) is 17.5 Å². The molecule has 1 N–H and O–H groups in total. The summed E-state index contributed by atoms with van der Waals surface area (Å²) >= 11 is 0. The van der Waals surface area contributed by atoms with Crippen LogP contribution in [0.15, 0.2) is 24.4 Å². The fourth-order valence-corrected chi connectivity index (χ4v) is 2.75. The van der Waals surface area contributed by atoms with Gasteiger partial charge in [0.05, 0.1) is 19.2 Å². The second kappa shape index (κ2) is 9.83. The maximum Gasteiger partial charge on any atom is 0.329 e. The van der Waals surface area contributed by atoms with Crippen molar-refractivity contribution in [2.45, 2.75) is 38.9 Å². The molecule has 1 aromatic carbocycles. The Morgan fingerprint density at radius 2 is 1.89 bits per heavy atom. The minimum atomic E-state index is -2.56. The summed E-state index contributed by atoms with van der Waals surface area (Å²) in [5.74, 6) is -3.74. The molecule has 0 bridgehead atoms. The number of nitrogens with one attached hydrogen (secondary N) is 1. The van der Waals surface area contributed by atoms with Crippen molar-refractivity contribution in [2.24, 2.45) is 0 Å². The van der Waals surface area contributed by atoms with Crippen LogP contribution in [0.1, 0.15) is 19.4 Å². The molecule has 0 fully saturated rings. The van der Waals surface area contributed by atoms with Crippen LogP contribution in [-0.2, 0) is 16.1 Å². The number of hydrogen-bond acceptors (Lipinski definition) is 5. The van der Waals surface area contributed by atoms with Gasteiger partial charge in [0.25, 0.3) is 6.43 Å². The van der Waals surface area contributed by atoms with E-state index in [4.69, 9.17) is 4.74 Å². The summed E-state index contributed by atoms with van der Waals surface area (Å²) in [6, 6.07) is -0.790. The summed E-state index contributed by atoms with van der Waals surface area (Å²) in [5, 5.41) is 5.44. The maximum absolute atomic E-state index is 14.0. The quantitative estimate of drug-likeness (QED) is 0.504. The molecule has 156 valence electrons. The molecule has 5 nitrogen and oxygen atoms in total. The number of ether oxygens (including phenoxy) is 1. The van der Waals surface area contributed by atoms with Gasteiger partial charge in [0.15, 0.2) is 0 Å².